The van der Waals surface area contributed by atoms with Gasteiger partial charge in [-0.25, -0.2) is 4.99 Å². The molecule has 2 aromatic heterocycles. The summed E-state index contributed by atoms with van der Waals surface area (Å²) in [5.74, 6) is 0.785. The molecule has 6 aromatic rings. The van der Waals surface area contributed by atoms with Gasteiger partial charge in [0, 0.05) is 34.9 Å². The molecule has 7 rings (SSSR count). The zero-order valence-electron chi connectivity index (χ0n) is 28.1. The first-order chi connectivity index (χ1) is 24.7. The molecule has 258 valence electrons. The molecule has 1 N–H and O–H groups in total. The summed E-state index contributed by atoms with van der Waals surface area (Å²) in [7, 11) is 4.57. The molecule has 1 aliphatic rings. The standard InChI is InChI=1S/C39H32Cl2N4O5S/c1-22-34(37(46)43-26-10-6-5-7-11-26)35(24-17-31(48-2)36(50-4)32(18-24)49-3)45-38(47)33(51-39(45)42-22)19-25-21-44(30-13-9-8-12-27(25)30)20-23-14-15-28(40)29(41)16-23/h5-19,21,35H,20H2,1-4H3,(H,43,46)/b33-19-/t35-/m1/s1. The third-order valence-electron chi connectivity index (χ3n) is 8.74. The fourth-order valence-electron chi connectivity index (χ4n) is 6.40. The van der Waals surface area contributed by atoms with E-state index in [0.29, 0.717) is 65.7 Å². The van der Waals surface area contributed by atoms with E-state index in [0.717, 1.165) is 22.0 Å². The Morgan fingerprint density at radius 3 is 2.31 bits per heavy atom. The summed E-state index contributed by atoms with van der Waals surface area (Å²) in [6.45, 7) is 2.32. The molecular weight excluding hydrogens is 707 g/mol. The van der Waals surface area contributed by atoms with Crippen molar-refractivity contribution in [2.75, 3.05) is 26.6 Å². The molecule has 4 aromatic carbocycles. The summed E-state index contributed by atoms with van der Waals surface area (Å²) in [5.41, 5.74) is 4.53. The number of nitrogens with one attached hydrogen (secondary N) is 1. The van der Waals surface area contributed by atoms with E-state index in [9.17, 15) is 9.59 Å². The summed E-state index contributed by atoms with van der Waals surface area (Å²) in [5, 5.41) is 4.94. The molecular formula is C39H32Cl2N4O5S. The highest BCUT2D eigenvalue weighted by molar-refractivity contribution is 7.07. The second-order valence-electron chi connectivity index (χ2n) is 11.8. The lowest BCUT2D eigenvalue weighted by molar-refractivity contribution is -0.113. The van der Waals surface area contributed by atoms with Crippen molar-refractivity contribution < 1.29 is 19.0 Å². The number of nitrogens with zero attached hydrogens (tertiary/aromatic N) is 3. The SMILES string of the molecule is COc1cc([C@@H]2C(C(=O)Nc3ccccc3)=C(C)N=c3s/c(=C\c4cn(Cc5ccc(Cl)c(Cl)c5)c5ccccc45)c(=O)n32)cc(OC)c1OC. The number of carbonyl (C=O) groups is 1. The van der Waals surface area contributed by atoms with Crippen LogP contribution in [0, 0.1) is 0 Å². The molecule has 1 aliphatic heterocycles. The number of hydrogen-bond acceptors (Lipinski definition) is 7. The number of hydrogen-bond donors (Lipinski definition) is 1. The van der Waals surface area contributed by atoms with Gasteiger partial charge in [-0.15, -0.1) is 0 Å². The third-order valence-corrected chi connectivity index (χ3v) is 10.5. The van der Waals surface area contributed by atoms with Gasteiger partial charge in [0.1, 0.15) is 0 Å². The van der Waals surface area contributed by atoms with Crippen molar-refractivity contribution in [3.8, 4) is 17.2 Å². The number of allylic oxidation sites excluding steroid dienone is 1. The number of fused-ring (bicyclic) bond motifs is 2. The highest BCUT2D eigenvalue weighted by Gasteiger charge is 2.34. The van der Waals surface area contributed by atoms with Gasteiger partial charge >= 0.3 is 0 Å². The van der Waals surface area contributed by atoms with Gasteiger partial charge in [-0.1, -0.05) is 77.0 Å². The van der Waals surface area contributed by atoms with Gasteiger partial charge in [-0.2, -0.15) is 0 Å². The predicted octanol–water partition coefficient (Wildman–Crippen LogP) is 7.21. The van der Waals surface area contributed by atoms with Crippen molar-refractivity contribution in [2.24, 2.45) is 4.99 Å². The lowest BCUT2D eigenvalue weighted by Crippen LogP contribution is -2.40. The van der Waals surface area contributed by atoms with Crippen LogP contribution in [0.4, 0.5) is 5.69 Å². The van der Waals surface area contributed by atoms with E-state index >= 15 is 0 Å². The number of ether oxygens (including phenoxy) is 3. The topological polar surface area (TPSA) is 96.1 Å². The van der Waals surface area contributed by atoms with Crippen LogP contribution >= 0.6 is 34.5 Å². The number of anilines is 1. The Kier molecular flexibility index (Phi) is 9.48. The normalized spacial score (nSPS) is 14.3. The zero-order valence-corrected chi connectivity index (χ0v) is 30.4. The van der Waals surface area contributed by atoms with Gasteiger partial charge in [-0.05, 0) is 66.6 Å². The van der Waals surface area contributed by atoms with Gasteiger partial charge in [0.15, 0.2) is 16.3 Å². The molecule has 0 saturated carbocycles. The Labute approximate surface area is 307 Å². The third kappa shape index (κ3) is 6.42. The molecule has 0 fully saturated rings. The minimum atomic E-state index is -0.864. The molecule has 0 aliphatic carbocycles. The van der Waals surface area contributed by atoms with Crippen LogP contribution in [0.15, 0.2) is 112 Å². The smallest absolute Gasteiger partial charge is 0.271 e. The summed E-state index contributed by atoms with van der Waals surface area (Å²) in [6.07, 6.45) is 3.90. The first kappa shape index (κ1) is 34.2. The number of halogens is 2. The Balaban J connectivity index is 1.40. The maximum absolute atomic E-state index is 14.6. The predicted molar refractivity (Wildman–Crippen MR) is 202 cm³/mol. The monoisotopic (exact) mass is 738 g/mol. The van der Waals surface area contributed by atoms with Crippen molar-refractivity contribution in [1.82, 2.24) is 9.13 Å². The molecule has 0 radical (unpaired) electrons. The molecule has 0 saturated heterocycles. The van der Waals surface area contributed by atoms with E-state index in [2.05, 4.69) is 9.88 Å². The number of aromatic nitrogens is 2. The van der Waals surface area contributed by atoms with E-state index in [1.165, 1.54) is 32.7 Å². The molecule has 12 heteroatoms. The number of benzene rings is 4. The fraction of sp³-hybridized carbons (Fsp3) is 0.154. The van der Waals surface area contributed by atoms with Gasteiger partial charge in [0.25, 0.3) is 11.5 Å². The van der Waals surface area contributed by atoms with Crippen molar-refractivity contribution in [3.63, 3.8) is 0 Å². The number of methoxy groups -OCH3 is 3. The maximum Gasteiger partial charge on any atom is 0.271 e. The van der Waals surface area contributed by atoms with Crippen LogP contribution in [0.1, 0.15) is 29.7 Å². The quantitative estimate of drug-likeness (QED) is 0.169. The molecule has 51 heavy (non-hydrogen) atoms. The average molecular weight is 740 g/mol. The van der Waals surface area contributed by atoms with Crippen LogP contribution in [0.2, 0.25) is 10.0 Å². The summed E-state index contributed by atoms with van der Waals surface area (Å²) < 4.78 is 21.1. The van der Waals surface area contributed by atoms with Crippen molar-refractivity contribution in [2.45, 2.75) is 19.5 Å². The van der Waals surface area contributed by atoms with Gasteiger partial charge in [0.2, 0.25) is 5.75 Å². The zero-order chi connectivity index (χ0) is 35.8. The fourth-order valence-corrected chi connectivity index (χ4v) is 7.76. The lowest BCUT2D eigenvalue weighted by Gasteiger charge is -2.26. The van der Waals surface area contributed by atoms with Crippen LogP contribution in [-0.2, 0) is 11.3 Å². The summed E-state index contributed by atoms with van der Waals surface area (Å²) >= 11 is 13.8. The van der Waals surface area contributed by atoms with E-state index in [4.69, 9.17) is 42.4 Å². The highest BCUT2D eigenvalue weighted by Crippen LogP contribution is 2.42. The first-order valence-corrected chi connectivity index (χ1v) is 17.5. The molecule has 0 unspecified atom stereocenters. The Hall–Kier alpha value is -5.29. The molecule has 0 bridgehead atoms. The highest BCUT2D eigenvalue weighted by atomic mass is 35.5. The van der Waals surface area contributed by atoms with E-state index in [-0.39, 0.29) is 11.5 Å². The Morgan fingerprint density at radius 1 is 0.922 bits per heavy atom. The Morgan fingerprint density at radius 2 is 1.63 bits per heavy atom. The molecule has 0 spiro atoms. The first-order valence-electron chi connectivity index (χ1n) is 15.9. The Bertz CT molecular complexity index is 2510. The average Bonchev–Trinajstić information content (AvgIpc) is 3.64. The van der Waals surface area contributed by atoms with Gasteiger partial charge < -0.3 is 24.1 Å². The molecule has 1 amide bonds. The van der Waals surface area contributed by atoms with Crippen molar-refractivity contribution in [1.29, 1.82) is 0 Å². The molecule has 3 heterocycles. The van der Waals surface area contributed by atoms with Gasteiger partial charge in [0.05, 0.1) is 53.2 Å². The number of para-hydroxylation sites is 2. The summed E-state index contributed by atoms with van der Waals surface area (Å²) in [4.78, 5) is 33.9. The van der Waals surface area contributed by atoms with Crippen LogP contribution < -0.4 is 34.4 Å². The second kappa shape index (κ2) is 14.1. The van der Waals surface area contributed by atoms with E-state index in [1.54, 1.807) is 41.8 Å². The van der Waals surface area contributed by atoms with Crippen LogP contribution in [-0.4, -0.2) is 36.4 Å². The number of amides is 1. The lowest BCUT2D eigenvalue weighted by atomic mass is 9.94. The van der Waals surface area contributed by atoms with Crippen molar-refractivity contribution in [3.05, 3.63) is 149 Å². The number of thiazole rings is 1. The second-order valence-corrected chi connectivity index (χ2v) is 13.7. The molecule has 1 atom stereocenters. The summed E-state index contributed by atoms with van der Waals surface area (Å²) in [6, 6.07) is 25.4. The van der Waals surface area contributed by atoms with Crippen LogP contribution in [0.5, 0.6) is 17.2 Å². The minimum Gasteiger partial charge on any atom is -0.493 e. The minimum absolute atomic E-state index is 0.295. The van der Waals surface area contributed by atoms with Gasteiger partial charge in [-0.3, -0.25) is 14.2 Å². The van der Waals surface area contributed by atoms with Crippen LogP contribution in [0.25, 0.3) is 17.0 Å². The number of rotatable bonds is 9. The molecule has 9 nitrogen and oxygen atoms in total. The largest absolute Gasteiger partial charge is 0.493 e. The van der Waals surface area contributed by atoms with Crippen molar-refractivity contribution >= 4 is 63.1 Å². The van der Waals surface area contributed by atoms with E-state index < -0.39 is 6.04 Å². The van der Waals surface area contributed by atoms with Crippen LogP contribution in [0.3, 0.4) is 0 Å². The number of carbonyl (C=O) groups excluding carboxylic acids is 1. The van der Waals surface area contributed by atoms with E-state index in [1.807, 2.05) is 66.9 Å². The maximum atomic E-state index is 14.6.